The van der Waals surface area contributed by atoms with E-state index in [9.17, 15) is 9.59 Å². The summed E-state index contributed by atoms with van der Waals surface area (Å²) < 4.78 is 1.62. The maximum atomic E-state index is 11.6. The molecule has 0 unspecified atom stereocenters. The summed E-state index contributed by atoms with van der Waals surface area (Å²) in [6.07, 6.45) is 6.25. The zero-order chi connectivity index (χ0) is 13.7. The second kappa shape index (κ2) is 6.00. The monoisotopic (exact) mass is 251 g/mol. The lowest BCUT2D eigenvalue weighted by atomic mass is 10.0. The Labute approximate surface area is 105 Å². The van der Waals surface area contributed by atoms with E-state index in [1.54, 1.807) is 44.0 Å². The maximum Gasteiger partial charge on any atom is 0.326 e. The van der Waals surface area contributed by atoms with Crippen molar-refractivity contribution in [3.8, 4) is 0 Å². The van der Waals surface area contributed by atoms with Gasteiger partial charge in [0.25, 0.3) is 0 Å². The van der Waals surface area contributed by atoms with Gasteiger partial charge < -0.3 is 10.4 Å². The first-order valence-electron chi connectivity index (χ1n) is 5.60. The Morgan fingerprint density at radius 2 is 2.17 bits per heavy atom. The van der Waals surface area contributed by atoms with Gasteiger partial charge in [-0.15, -0.1) is 0 Å². The fourth-order valence-corrected chi connectivity index (χ4v) is 1.41. The molecule has 6 nitrogen and oxygen atoms in total. The van der Waals surface area contributed by atoms with E-state index in [1.165, 1.54) is 6.08 Å². The summed E-state index contributed by atoms with van der Waals surface area (Å²) in [5.74, 6) is -1.63. The number of hydrogen-bond donors (Lipinski definition) is 2. The van der Waals surface area contributed by atoms with Gasteiger partial charge in [0, 0.05) is 24.9 Å². The average Bonchev–Trinajstić information content (AvgIpc) is 2.68. The second-order valence-corrected chi connectivity index (χ2v) is 4.35. The van der Waals surface area contributed by atoms with Crippen molar-refractivity contribution in [3.63, 3.8) is 0 Å². The van der Waals surface area contributed by atoms with E-state index >= 15 is 0 Å². The minimum absolute atomic E-state index is 0.168. The molecule has 0 fully saturated rings. The largest absolute Gasteiger partial charge is 0.480 e. The number of hydrogen-bond acceptors (Lipinski definition) is 3. The van der Waals surface area contributed by atoms with Crippen LogP contribution in [0.2, 0.25) is 0 Å². The number of carboxylic acids is 1. The van der Waals surface area contributed by atoms with Crippen molar-refractivity contribution in [1.82, 2.24) is 15.1 Å². The van der Waals surface area contributed by atoms with Crippen LogP contribution >= 0.6 is 0 Å². The van der Waals surface area contributed by atoms with E-state index in [-0.39, 0.29) is 5.92 Å². The van der Waals surface area contributed by atoms with Crippen molar-refractivity contribution >= 4 is 18.0 Å². The van der Waals surface area contributed by atoms with Gasteiger partial charge in [0.1, 0.15) is 6.04 Å². The number of carboxylic acid groups (broad SMARTS) is 1. The van der Waals surface area contributed by atoms with Crippen molar-refractivity contribution in [1.29, 1.82) is 0 Å². The van der Waals surface area contributed by atoms with E-state index in [0.717, 1.165) is 5.56 Å². The van der Waals surface area contributed by atoms with Crippen LogP contribution in [-0.4, -0.2) is 32.8 Å². The fourth-order valence-electron chi connectivity index (χ4n) is 1.41. The number of rotatable bonds is 5. The quantitative estimate of drug-likeness (QED) is 0.753. The van der Waals surface area contributed by atoms with Crippen molar-refractivity contribution in [2.24, 2.45) is 13.0 Å². The van der Waals surface area contributed by atoms with Crippen LogP contribution in [0, 0.1) is 5.92 Å². The van der Waals surface area contributed by atoms with Gasteiger partial charge in [0.15, 0.2) is 0 Å². The van der Waals surface area contributed by atoms with Crippen molar-refractivity contribution in [3.05, 3.63) is 24.0 Å². The molecule has 98 valence electrons. The third kappa shape index (κ3) is 4.04. The van der Waals surface area contributed by atoms with Crippen molar-refractivity contribution < 1.29 is 14.7 Å². The molecular formula is C12H17N3O3. The van der Waals surface area contributed by atoms with E-state index in [0.29, 0.717) is 0 Å². The summed E-state index contributed by atoms with van der Waals surface area (Å²) in [7, 11) is 1.77. The number of carbonyl (C=O) groups is 2. The van der Waals surface area contributed by atoms with Crippen molar-refractivity contribution in [2.45, 2.75) is 19.9 Å². The number of aryl methyl sites for hydroxylation is 1. The molecule has 0 aliphatic carbocycles. The van der Waals surface area contributed by atoms with Gasteiger partial charge in [0.05, 0.1) is 6.20 Å². The summed E-state index contributed by atoms with van der Waals surface area (Å²) in [6.45, 7) is 3.48. The predicted molar refractivity (Wildman–Crippen MR) is 66.6 cm³/mol. The topological polar surface area (TPSA) is 84.2 Å². The Balaban J connectivity index is 2.60. The molecule has 0 aliphatic rings. The normalized spacial score (nSPS) is 12.9. The summed E-state index contributed by atoms with van der Waals surface area (Å²) in [5.41, 5.74) is 0.782. The first-order chi connectivity index (χ1) is 8.40. The standard InChI is InChI=1S/C12H17N3O3/c1-8(2)11(12(17)18)14-10(16)5-4-9-6-13-15(3)7-9/h4-8,11H,1-3H3,(H,14,16)(H,17,18)/t11-/m1/s1. The molecule has 2 N–H and O–H groups in total. The van der Waals surface area contributed by atoms with Gasteiger partial charge in [-0.3, -0.25) is 9.48 Å². The van der Waals surface area contributed by atoms with Crippen LogP contribution in [0.5, 0.6) is 0 Å². The van der Waals surface area contributed by atoms with Crippen LogP contribution in [0.3, 0.4) is 0 Å². The molecule has 0 saturated heterocycles. The number of aromatic nitrogens is 2. The lowest BCUT2D eigenvalue weighted by Crippen LogP contribution is -2.43. The summed E-state index contributed by atoms with van der Waals surface area (Å²) in [4.78, 5) is 22.5. The van der Waals surface area contributed by atoms with E-state index in [4.69, 9.17) is 5.11 Å². The Kier molecular flexibility index (Phi) is 4.65. The van der Waals surface area contributed by atoms with Crippen LogP contribution in [-0.2, 0) is 16.6 Å². The van der Waals surface area contributed by atoms with Gasteiger partial charge >= 0.3 is 5.97 Å². The SMILES string of the molecule is CC(C)[C@@H](NC(=O)C=Cc1cnn(C)c1)C(=O)O. The lowest BCUT2D eigenvalue weighted by molar-refractivity contribution is -0.142. The molecule has 0 aliphatic heterocycles. The Bertz CT molecular complexity index is 463. The molecular weight excluding hydrogens is 234 g/mol. The number of aliphatic carboxylic acids is 1. The number of carbonyl (C=O) groups excluding carboxylic acids is 1. The van der Waals surface area contributed by atoms with Crippen LogP contribution in [0.4, 0.5) is 0 Å². The van der Waals surface area contributed by atoms with Gasteiger partial charge in [-0.2, -0.15) is 5.10 Å². The van der Waals surface area contributed by atoms with Gasteiger partial charge in [-0.1, -0.05) is 13.8 Å². The second-order valence-electron chi connectivity index (χ2n) is 4.35. The van der Waals surface area contributed by atoms with Crippen LogP contribution in [0.1, 0.15) is 19.4 Å². The molecule has 0 spiro atoms. The molecule has 1 rings (SSSR count). The lowest BCUT2D eigenvalue weighted by Gasteiger charge is -2.16. The number of amides is 1. The first-order valence-corrected chi connectivity index (χ1v) is 5.60. The minimum Gasteiger partial charge on any atom is -0.480 e. The summed E-state index contributed by atoms with van der Waals surface area (Å²) in [5, 5.41) is 15.3. The minimum atomic E-state index is -1.03. The highest BCUT2D eigenvalue weighted by atomic mass is 16.4. The third-order valence-electron chi connectivity index (χ3n) is 2.38. The first kappa shape index (κ1) is 14.0. The highest BCUT2D eigenvalue weighted by molar-refractivity contribution is 5.94. The van der Waals surface area contributed by atoms with Gasteiger partial charge in [0.2, 0.25) is 5.91 Å². The zero-order valence-electron chi connectivity index (χ0n) is 10.6. The molecule has 1 atom stereocenters. The average molecular weight is 251 g/mol. The van der Waals surface area contributed by atoms with E-state index in [1.807, 2.05) is 0 Å². The highest BCUT2D eigenvalue weighted by Gasteiger charge is 2.22. The van der Waals surface area contributed by atoms with Crippen LogP contribution < -0.4 is 5.32 Å². The third-order valence-corrected chi connectivity index (χ3v) is 2.38. The van der Waals surface area contributed by atoms with Crippen molar-refractivity contribution in [2.75, 3.05) is 0 Å². The van der Waals surface area contributed by atoms with E-state index in [2.05, 4.69) is 10.4 Å². The van der Waals surface area contributed by atoms with Gasteiger partial charge in [-0.25, -0.2) is 4.79 Å². The summed E-state index contributed by atoms with van der Waals surface area (Å²) >= 11 is 0. The smallest absolute Gasteiger partial charge is 0.326 e. The number of nitrogens with zero attached hydrogens (tertiary/aromatic N) is 2. The molecule has 6 heteroatoms. The molecule has 18 heavy (non-hydrogen) atoms. The van der Waals surface area contributed by atoms with Crippen LogP contribution in [0.25, 0.3) is 6.08 Å². The molecule has 1 aromatic rings. The Morgan fingerprint density at radius 1 is 1.50 bits per heavy atom. The fraction of sp³-hybridized carbons (Fsp3) is 0.417. The Morgan fingerprint density at radius 3 is 2.61 bits per heavy atom. The predicted octanol–water partition coefficient (Wildman–Crippen LogP) is 0.659. The molecule has 1 amide bonds. The maximum absolute atomic E-state index is 11.6. The highest BCUT2D eigenvalue weighted by Crippen LogP contribution is 2.03. The van der Waals surface area contributed by atoms with Crippen LogP contribution in [0.15, 0.2) is 18.5 Å². The van der Waals surface area contributed by atoms with Gasteiger partial charge in [-0.05, 0) is 12.0 Å². The molecule has 0 radical (unpaired) electrons. The number of nitrogens with one attached hydrogen (secondary N) is 1. The molecule has 0 bridgehead atoms. The molecule has 1 heterocycles. The van der Waals surface area contributed by atoms with E-state index < -0.39 is 17.9 Å². The summed E-state index contributed by atoms with van der Waals surface area (Å²) in [6, 6.07) is -0.879. The Hall–Kier alpha value is -2.11. The molecule has 0 saturated carbocycles. The zero-order valence-corrected chi connectivity index (χ0v) is 10.6. The molecule has 1 aromatic heterocycles. The molecule has 0 aromatic carbocycles.